The molecule has 0 unspecified atom stereocenters. The van der Waals surface area contributed by atoms with Gasteiger partial charge < -0.3 is 21.1 Å². The second kappa shape index (κ2) is 21.2. The number of ether oxygens (including phenoxy) is 1. The van der Waals surface area contributed by atoms with Crippen LogP contribution in [-0.4, -0.2) is 87.4 Å². The number of hydrogen-bond donors (Lipinski definition) is 5. The van der Waals surface area contributed by atoms with Crippen LogP contribution in [0.1, 0.15) is 33.5 Å². The number of benzene rings is 6. The average molecular weight is 966 g/mol. The largest absolute Gasteiger partial charge is 0.468 e. The number of nitrogens with two attached hydrogens (primary N) is 1. The molecular weight excluding hydrogens is 915 g/mol. The van der Waals surface area contributed by atoms with Gasteiger partial charge in [0, 0.05) is 56.1 Å². The average Bonchev–Trinajstić information content (AvgIpc) is 4.03. The van der Waals surface area contributed by atoms with Crippen molar-refractivity contribution >= 4 is 48.8 Å². The van der Waals surface area contributed by atoms with Crippen LogP contribution in [0.15, 0.2) is 186 Å². The number of sulfonamides is 2. The van der Waals surface area contributed by atoms with Crippen LogP contribution in [0.5, 0.6) is 0 Å². The number of aryl methyl sites for hydroxylation is 1. The summed E-state index contributed by atoms with van der Waals surface area (Å²) in [5, 5.41) is 11.6. The van der Waals surface area contributed by atoms with Crippen molar-refractivity contribution in [1.29, 1.82) is 0 Å². The van der Waals surface area contributed by atoms with Gasteiger partial charge in [-0.2, -0.15) is 9.82 Å². The first-order chi connectivity index (χ1) is 33.4. The Kier molecular flexibility index (Phi) is 14.8. The summed E-state index contributed by atoms with van der Waals surface area (Å²) in [5.74, 6) is -0.726. The third-order valence-electron chi connectivity index (χ3n) is 11.7. The second-order valence-corrected chi connectivity index (χ2v) is 19.5. The summed E-state index contributed by atoms with van der Waals surface area (Å²) in [5.41, 5.74) is 10.3. The van der Waals surface area contributed by atoms with Gasteiger partial charge in [0.2, 0.25) is 26.0 Å². The number of esters is 1. The van der Waals surface area contributed by atoms with Crippen LogP contribution < -0.4 is 25.8 Å². The first kappa shape index (κ1) is 48.0. The molecule has 2 aromatic heterocycles. The zero-order chi connectivity index (χ0) is 48.4. The summed E-state index contributed by atoms with van der Waals surface area (Å²) in [6.45, 7) is 1.01. The minimum absolute atomic E-state index is 0.0623. The van der Waals surface area contributed by atoms with Crippen LogP contribution >= 0.6 is 0 Å². The lowest BCUT2D eigenvalue weighted by Crippen LogP contribution is -2.48. The van der Waals surface area contributed by atoms with E-state index in [1.54, 1.807) is 48.7 Å². The highest BCUT2D eigenvalue weighted by molar-refractivity contribution is 7.89. The molecule has 0 fully saturated rings. The van der Waals surface area contributed by atoms with Crippen LogP contribution in [0.4, 0.5) is 5.95 Å². The lowest BCUT2D eigenvalue weighted by molar-refractivity contribution is -0.142. The maximum atomic E-state index is 13.5. The summed E-state index contributed by atoms with van der Waals surface area (Å²) < 4.78 is 65.4. The predicted molar refractivity (Wildman–Crippen MR) is 264 cm³/mol. The van der Waals surface area contributed by atoms with E-state index in [1.807, 2.05) is 35.3 Å². The number of amides is 1. The molecule has 0 aliphatic carbocycles. The first-order valence-electron chi connectivity index (χ1n) is 22.1. The number of imidazole rings is 1. The summed E-state index contributed by atoms with van der Waals surface area (Å²) in [6, 6.07) is 46.8. The number of rotatable bonds is 21. The molecule has 0 aliphatic heterocycles. The van der Waals surface area contributed by atoms with Crippen molar-refractivity contribution in [3.05, 3.63) is 199 Å². The fraction of sp³-hybridized carbons (Fsp3) is 0.176. The molecule has 18 heteroatoms. The van der Waals surface area contributed by atoms with Crippen molar-refractivity contribution in [3.8, 4) is 11.1 Å². The van der Waals surface area contributed by atoms with E-state index in [9.17, 15) is 26.4 Å². The quantitative estimate of drug-likeness (QED) is 0.0333. The van der Waals surface area contributed by atoms with Gasteiger partial charge in [-0.3, -0.25) is 18.8 Å². The molecule has 8 rings (SSSR count). The van der Waals surface area contributed by atoms with Gasteiger partial charge in [-0.1, -0.05) is 115 Å². The van der Waals surface area contributed by atoms with E-state index in [0.717, 1.165) is 34.7 Å². The molecule has 69 heavy (non-hydrogen) atoms. The minimum Gasteiger partial charge on any atom is -0.468 e. The van der Waals surface area contributed by atoms with E-state index in [0.29, 0.717) is 36.6 Å². The number of nitrogens with zero attached hydrogens (tertiary/aromatic N) is 4. The monoisotopic (exact) mass is 965 g/mol. The van der Waals surface area contributed by atoms with Gasteiger partial charge in [-0.05, 0) is 76.7 Å². The standard InChI is InChI=1S/C51H51N9O7S2/c1-67-49(62)46(58-69(65,66)45-25-20-38(21-26-45)37-18-23-44(24-19-37)68(63,64)57-30-28-52)36-55-48(61)39-22-27-47-40(34-39)35-56-60(47)32-11-29-53-50-54-31-33-59(50)51(41-12-5-2-6-13-41,42-14-7-3-8-15-42)43-16-9-4-10-17-43/h2-10,12-27,31,33-35,46,57-58H,11,28-30,32,36,52H2,1H3,(H,53,54)(H,55,61)/t46-/m0/s1. The fourth-order valence-corrected chi connectivity index (χ4v) is 10.5. The molecule has 354 valence electrons. The Balaban J connectivity index is 0.894. The van der Waals surface area contributed by atoms with E-state index in [-0.39, 0.29) is 28.4 Å². The van der Waals surface area contributed by atoms with Crippen LogP contribution in [0.3, 0.4) is 0 Å². The Morgan fingerprint density at radius 2 is 1.29 bits per heavy atom. The van der Waals surface area contributed by atoms with Crippen molar-refractivity contribution in [2.75, 3.05) is 38.6 Å². The highest BCUT2D eigenvalue weighted by Gasteiger charge is 2.39. The number of anilines is 1. The van der Waals surface area contributed by atoms with Crippen LogP contribution in [-0.2, 0) is 41.7 Å². The molecular formula is C51H51N9O7S2. The lowest BCUT2D eigenvalue weighted by Gasteiger charge is -2.38. The number of carbonyl (C=O) groups excluding carboxylic acids is 2. The SMILES string of the molecule is COC(=O)[C@H](CNC(=O)c1ccc2c(cnn2CCCNc2nccn2C(c2ccccc2)(c2ccccc2)c2ccccc2)c1)NS(=O)(=O)c1ccc(-c2ccc(S(=O)(=O)NCCN)cc2)cc1. The normalized spacial score (nSPS) is 12.4. The zero-order valence-corrected chi connectivity index (χ0v) is 39.2. The van der Waals surface area contributed by atoms with E-state index in [2.05, 4.69) is 103 Å². The van der Waals surface area contributed by atoms with E-state index in [4.69, 9.17) is 15.5 Å². The van der Waals surface area contributed by atoms with Gasteiger partial charge in [-0.25, -0.2) is 26.5 Å². The molecule has 2 heterocycles. The van der Waals surface area contributed by atoms with Gasteiger partial charge in [0.15, 0.2) is 0 Å². The highest BCUT2D eigenvalue weighted by atomic mass is 32.2. The molecule has 8 aromatic rings. The Hall–Kier alpha value is -7.48. The van der Waals surface area contributed by atoms with Gasteiger partial charge in [0.1, 0.15) is 11.6 Å². The molecule has 0 saturated carbocycles. The Bertz CT molecular complexity index is 3150. The minimum atomic E-state index is -4.27. The molecule has 6 aromatic carbocycles. The molecule has 0 spiro atoms. The number of aromatic nitrogens is 4. The third kappa shape index (κ3) is 10.5. The number of methoxy groups -OCH3 is 1. The van der Waals surface area contributed by atoms with Crippen molar-refractivity contribution in [2.24, 2.45) is 5.73 Å². The molecule has 1 amide bonds. The van der Waals surface area contributed by atoms with Crippen molar-refractivity contribution < 1.29 is 31.2 Å². The molecule has 0 radical (unpaired) electrons. The number of fused-ring (bicyclic) bond motifs is 1. The first-order valence-corrected chi connectivity index (χ1v) is 25.1. The number of carbonyl (C=O) groups is 2. The predicted octanol–water partition coefficient (Wildman–Crippen LogP) is 5.73. The van der Waals surface area contributed by atoms with Crippen LogP contribution in [0.2, 0.25) is 0 Å². The summed E-state index contributed by atoms with van der Waals surface area (Å²) in [7, 11) is -6.87. The van der Waals surface area contributed by atoms with E-state index < -0.39 is 50.0 Å². The van der Waals surface area contributed by atoms with Crippen molar-refractivity contribution in [2.45, 2.75) is 34.3 Å². The molecule has 1 atom stereocenters. The van der Waals surface area contributed by atoms with E-state index >= 15 is 0 Å². The van der Waals surface area contributed by atoms with Gasteiger partial charge in [0.05, 0.1) is 28.6 Å². The van der Waals surface area contributed by atoms with E-state index in [1.165, 1.54) is 24.3 Å². The topological polar surface area (TPSA) is 221 Å². The van der Waals surface area contributed by atoms with Gasteiger partial charge in [-0.15, -0.1) is 0 Å². The highest BCUT2D eigenvalue weighted by Crippen LogP contribution is 2.42. The Morgan fingerprint density at radius 1 is 0.725 bits per heavy atom. The summed E-state index contributed by atoms with van der Waals surface area (Å²) >= 11 is 0. The third-order valence-corrected chi connectivity index (χ3v) is 14.6. The number of hydrogen-bond acceptors (Lipinski definition) is 11. The lowest BCUT2D eigenvalue weighted by atomic mass is 9.76. The van der Waals surface area contributed by atoms with Gasteiger partial charge >= 0.3 is 5.97 Å². The van der Waals surface area contributed by atoms with Crippen molar-refractivity contribution in [3.63, 3.8) is 0 Å². The Morgan fingerprint density at radius 3 is 1.84 bits per heavy atom. The Labute approximate surface area is 400 Å². The number of nitrogens with one attached hydrogen (secondary N) is 4. The summed E-state index contributed by atoms with van der Waals surface area (Å²) in [6.07, 6.45) is 6.19. The van der Waals surface area contributed by atoms with Gasteiger partial charge in [0.25, 0.3) is 5.91 Å². The molecule has 0 saturated heterocycles. The smallest absolute Gasteiger partial charge is 0.325 e. The second-order valence-electron chi connectivity index (χ2n) is 16.0. The molecule has 0 bridgehead atoms. The molecule has 6 N–H and O–H groups in total. The summed E-state index contributed by atoms with van der Waals surface area (Å²) in [4.78, 5) is 30.9. The zero-order valence-electron chi connectivity index (χ0n) is 37.6. The van der Waals surface area contributed by atoms with Crippen LogP contribution in [0.25, 0.3) is 22.0 Å². The van der Waals surface area contributed by atoms with Crippen molar-refractivity contribution in [1.82, 2.24) is 34.1 Å². The maximum Gasteiger partial charge on any atom is 0.325 e. The fourth-order valence-electron chi connectivity index (χ4n) is 8.29. The maximum absolute atomic E-state index is 13.5. The molecule has 16 nitrogen and oxygen atoms in total. The molecule has 0 aliphatic rings. The van der Waals surface area contributed by atoms with Crippen LogP contribution in [0, 0.1) is 0 Å².